The van der Waals surface area contributed by atoms with Crippen LogP contribution in [0.5, 0.6) is 0 Å². The van der Waals surface area contributed by atoms with Crippen LogP contribution in [-0.2, 0) is 9.84 Å². The summed E-state index contributed by atoms with van der Waals surface area (Å²) >= 11 is 0. The highest BCUT2D eigenvalue weighted by Gasteiger charge is 2.24. The number of amides is 1. The topological polar surface area (TPSA) is 80.3 Å². The highest BCUT2D eigenvalue weighted by Crippen LogP contribution is 2.16. The minimum atomic E-state index is -4.09. The van der Waals surface area contributed by atoms with Crippen molar-refractivity contribution in [1.29, 1.82) is 0 Å². The maximum atomic E-state index is 12.1. The molecule has 5 nitrogen and oxygen atoms in total. The Kier molecular flexibility index (Phi) is 4.18. The second kappa shape index (κ2) is 5.88. The fraction of sp³-hybridized carbons (Fsp3) is 0.0667. The molecule has 0 aliphatic rings. The van der Waals surface area contributed by atoms with Gasteiger partial charge in [-0.25, -0.2) is 8.42 Å². The van der Waals surface area contributed by atoms with E-state index in [2.05, 4.69) is 5.32 Å². The lowest BCUT2D eigenvalue weighted by atomic mass is 10.2. The van der Waals surface area contributed by atoms with E-state index in [1.165, 1.54) is 36.4 Å². The number of benzene rings is 2. The Morgan fingerprint density at radius 1 is 1.00 bits per heavy atom. The van der Waals surface area contributed by atoms with Crippen molar-refractivity contribution in [3.8, 4) is 0 Å². The highest BCUT2D eigenvalue weighted by molar-refractivity contribution is 8.06. The Bertz CT molecular complexity index is 762. The molecule has 0 atom stereocenters. The largest absolute Gasteiger partial charge is 0.345 e. The summed E-state index contributed by atoms with van der Waals surface area (Å²) in [6.45, 7) is 1.82. The first kappa shape index (κ1) is 14.9. The maximum Gasteiger partial charge on any atom is 0.345 e. The van der Waals surface area contributed by atoms with Crippen molar-refractivity contribution >= 4 is 27.1 Å². The number of aryl methyl sites for hydroxylation is 1. The standard InChI is InChI=1S/C15H13NO4S/c1-11-2-8-14(9-3-11)21(19,20)15(18)16-13-6-4-12(10-17)5-7-13/h2-10H,1H3,(H,16,18). The predicted octanol–water partition coefficient (Wildman–Crippen LogP) is 2.81. The average Bonchev–Trinajstić information content (AvgIpc) is 2.48. The monoisotopic (exact) mass is 303 g/mol. The molecule has 0 spiro atoms. The summed E-state index contributed by atoms with van der Waals surface area (Å²) < 4.78 is 24.2. The molecule has 0 bridgehead atoms. The molecule has 0 fully saturated rings. The summed E-state index contributed by atoms with van der Waals surface area (Å²) in [6.07, 6.45) is 0.661. The Morgan fingerprint density at radius 2 is 1.57 bits per heavy atom. The average molecular weight is 303 g/mol. The van der Waals surface area contributed by atoms with E-state index in [9.17, 15) is 18.0 Å². The van der Waals surface area contributed by atoms with E-state index in [1.807, 2.05) is 6.92 Å². The molecule has 0 unspecified atom stereocenters. The molecule has 108 valence electrons. The van der Waals surface area contributed by atoms with Gasteiger partial charge in [-0.15, -0.1) is 0 Å². The molecular formula is C15H13NO4S. The van der Waals surface area contributed by atoms with Gasteiger partial charge in [0, 0.05) is 11.3 Å². The third-order valence-electron chi connectivity index (χ3n) is 2.87. The van der Waals surface area contributed by atoms with Crippen LogP contribution in [0.1, 0.15) is 15.9 Å². The smallest absolute Gasteiger partial charge is 0.312 e. The van der Waals surface area contributed by atoms with E-state index in [1.54, 1.807) is 12.1 Å². The molecule has 2 aromatic carbocycles. The number of nitrogens with one attached hydrogen (secondary N) is 1. The van der Waals surface area contributed by atoms with Gasteiger partial charge in [0.05, 0.1) is 4.90 Å². The fourth-order valence-electron chi connectivity index (χ4n) is 1.65. The van der Waals surface area contributed by atoms with Crippen molar-refractivity contribution in [2.45, 2.75) is 11.8 Å². The van der Waals surface area contributed by atoms with Crippen LogP contribution in [0.3, 0.4) is 0 Å². The molecule has 1 N–H and O–H groups in total. The van der Waals surface area contributed by atoms with Gasteiger partial charge in [-0.1, -0.05) is 17.7 Å². The van der Waals surface area contributed by atoms with Gasteiger partial charge >= 0.3 is 5.24 Å². The second-order valence-electron chi connectivity index (χ2n) is 4.47. The molecule has 0 saturated heterocycles. The summed E-state index contributed by atoms with van der Waals surface area (Å²) in [7, 11) is -4.09. The van der Waals surface area contributed by atoms with Crippen LogP contribution >= 0.6 is 0 Å². The minimum absolute atomic E-state index is 0.0601. The third kappa shape index (κ3) is 3.35. The number of carbonyl (C=O) groups is 2. The van der Waals surface area contributed by atoms with Gasteiger partial charge in [0.15, 0.2) is 0 Å². The third-order valence-corrected chi connectivity index (χ3v) is 4.35. The van der Waals surface area contributed by atoms with Crippen LogP contribution < -0.4 is 5.32 Å². The molecule has 21 heavy (non-hydrogen) atoms. The lowest BCUT2D eigenvalue weighted by molar-refractivity contribution is 0.112. The first-order chi connectivity index (χ1) is 9.93. The molecular weight excluding hydrogens is 290 g/mol. The SMILES string of the molecule is Cc1ccc(S(=O)(=O)C(=O)Nc2ccc(C=O)cc2)cc1. The van der Waals surface area contributed by atoms with Crippen LogP contribution in [0.4, 0.5) is 10.5 Å². The van der Waals surface area contributed by atoms with Gasteiger partial charge in [-0.05, 0) is 43.3 Å². The first-order valence-corrected chi connectivity index (χ1v) is 7.60. The number of carbonyl (C=O) groups excluding carboxylic acids is 2. The van der Waals surface area contributed by atoms with Crippen molar-refractivity contribution < 1.29 is 18.0 Å². The van der Waals surface area contributed by atoms with Gasteiger partial charge in [0.1, 0.15) is 6.29 Å². The molecule has 2 aromatic rings. The number of hydrogen-bond acceptors (Lipinski definition) is 4. The zero-order valence-electron chi connectivity index (χ0n) is 11.2. The van der Waals surface area contributed by atoms with E-state index in [4.69, 9.17) is 0 Å². The van der Waals surface area contributed by atoms with Crippen LogP contribution in [0.15, 0.2) is 53.4 Å². The number of aldehydes is 1. The van der Waals surface area contributed by atoms with E-state index >= 15 is 0 Å². The van der Waals surface area contributed by atoms with Crippen molar-refractivity contribution in [3.63, 3.8) is 0 Å². The Morgan fingerprint density at radius 3 is 2.10 bits per heavy atom. The quantitative estimate of drug-likeness (QED) is 0.884. The molecule has 0 heterocycles. The lowest BCUT2D eigenvalue weighted by Crippen LogP contribution is -2.21. The van der Waals surface area contributed by atoms with E-state index in [0.717, 1.165) is 5.56 Å². The fourth-order valence-corrected chi connectivity index (χ4v) is 2.62. The Labute approximate surface area is 122 Å². The van der Waals surface area contributed by atoms with Gasteiger partial charge in [0.2, 0.25) is 0 Å². The maximum absolute atomic E-state index is 12.1. The number of rotatable bonds is 3. The van der Waals surface area contributed by atoms with Gasteiger partial charge in [0.25, 0.3) is 9.84 Å². The molecule has 0 aromatic heterocycles. The van der Waals surface area contributed by atoms with Crippen molar-refractivity contribution in [2.75, 3.05) is 5.32 Å². The summed E-state index contributed by atoms with van der Waals surface area (Å²) in [5.41, 5.74) is 1.65. The van der Waals surface area contributed by atoms with Gasteiger partial charge in [-0.3, -0.25) is 9.59 Å². The zero-order valence-corrected chi connectivity index (χ0v) is 12.1. The van der Waals surface area contributed by atoms with Crippen molar-refractivity contribution in [1.82, 2.24) is 0 Å². The molecule has 0 aliphatic heterocycles. The first-order valence-electron chi connectivity index (χ1n) is 6.11. The zero-order chi connectivity index (χ0) is 15.5. The summed E-state index contributed by atoms with van der Waals surface area (Å²) in [5.74, 6) is 0. The van der Waals surface area contributed by atoms with Crippen LogP contribution in [0.2, 0.25) is 0 Å². The van der Waals surface area contributed by atoms with Crippen molar-refractivity contribution in [3.05, 3.63) is 59.7 Å². The van der Waals surface area contributed by atoms with Crippen molar-refractivity contribution in [2.24, 2.45) is 0 Å². The molecule has 1 amide bonds. The molecule has 2 rings (SSSR count). The van der Waals surface area contributed by atoms with Crippen LogP contribution in [0.25, 0.3) is 0 Å². The highest BCUT2D eigenvalue weighted by atomic mass is 32.2. The second-order valence-corrected chi connectivity index (χ2v) is 6.32. The van der Waals surface area contributed by atoms with E-state index in [-0.39, 0.29) is 4.90 Å². The lowest BCUT2D eigenvalue weighted by Gasteiger charge is -2.06. The van der Waals surface area contributed by atoms with E-state index < -0.39 is 15.1 Å². The minimum Gasteiger partial charge on any atom is -0.312 e. The van der Waals surface area contributed by atoms with Gasteiger partial charge in [-0.2, -0.15) is 0 Å². The van der Waals surface area contributed by atoms with Crippen LogP contribution in [0, 0.1) is 6.92 Å². The molecule has 6 heteroatoms. The summed E-state index contributed by atoms with van der Waals surface area (Å²) in [5, 5.41) is 1.20. The number of anilines is 1. The molecule has 0 saturated carbocycles. The van der Waals surface area contributed by atoms with E-state index in [0.29, 0.717) is 17.5 Å². The summed E-state index contributed by atoms with van der Waals surface area (Å²) in [4.78, 5) is 22.4. The Hall–Kier alpha value is -2.47. The normalized spacial score (nSPS) is 10.9. The summed E-state index contributed by atoms with van der Waals surface area (Å²) in [6, 6.07) is 11.9. The molecule has 0 aliphatic carbocycles. The van der Waals surface area contributed by atoms with Crippen LogP contribution in [-0.4, -0.2) is 19.9 Å². The Balaban J connectivity index is 2.21. The number of sulfone groups is 1. The number of hydrogen-bond donors (Lipinski definition) is 1. The predicted molar refractivity (Wildman–Crippen MR) is 79.2 cm³/mol. The van der Waals surface area contributed by atoms with Gasteiger partial charge < -0.3 is 5.32 Å². The molecule has 0 radical (unpaired) electrons.